The van der Waals surface area contributed by atoms with Crippen molar-refractivity contribution in [3.05, 3.63) is 0 Å². The quantitative estimate of drug-likeness (QED) is 0.0813. The summed E-state index contributed by atoms with van der Waals surface area (Å²) in [4.78, 5) is 24.1. The normalized spacial score (nSPS) is 11.6. The zero-order chi connectivity index (χ0) is 27.5. The van der Waals surface area contributed by atoms with Crippen molar-refractivity contribution in [3.63, 3.8) is 0 Å². The van der Waals surface area contributed by atoms with Gasteiger partial charge in [-0.05, 0) is 19.8 Å². The van der Waals surface area contributed by atoms with Crippen LogP contribution in [-0.4, -0.2) is 30.7 Å². The molecule has 0 atom stereocenters. The van der Waals surface area contributed by atoms with Gasteiger partial charge in [0.15, 0.2) is 0 Å². The summed E-state index contributed by atoms with van der Waals surface area (Å²) in [5.74, 6) is -0.417. The maximum absolute atomic E-state index is 12.0. The lowest BCUT2D eigenvalue weighted by molar-refractivity contribution is -0.149. The highest BCUT2D eigenvalue weighted by atomic mass is 16.5. The van der Waals surface area contributed by atoms with Gasteiger partial charge in [-0.2, -0.15) is 0 Å². The number of carbonyl (C=O) groups excluding carboxylic acids is 2. The Balaban J connectivity index is 3.57. The SMILES string of the molecule is CCCCCCCCCCCCCC(=O)OCC(C)(N)COC(=O)CCCCCCCCCCCCC. The second-order valence-electron chi connectivity index (χ2n) is 11.5. The van der Waals surface area contributed by atoms with Crippen molar-refractivity contribution in [1.29, 1.82) is 0 Å². The summed E-state index contributed by atoms with van der Waals surface area (Å²) < 4.78 is 10.7. The van der Waals surface area contributed by atoms with Crippen LogP contribution in [0.3, 0.4) is 0 Å². The van der Waals surface area contributed by atoms with Gasteiger partial charge in [0.2, 0.25) is 0 Å². The van der Waals surface area contributed by atoms with Crippen LogP contribution in [0.1, 0.15) is 175 Å². The standard InChI is InChI=1S/C32H63NO4/c1-4-6-8-10-12-14-16-18-20-22-24-26-30(34)36-28-32(3,33)29-37-31(35)27-25-23-21-19-17-15-13-11-9-7-5-2/h4-29,33H2,1-3H3. The fraction of sp³-hybridized carbons (Fsp3) is 0.938. The molecule has 0 aliphatic heterocycles. The molecule has 0 saturated heterocycles. The van der Waals surface area contributed by atoms with Crippen LogP contribution in [0.25, 0.3) is 0 Å². The van der Waals surface area contributed by atoms with Crippen LogP contribution in [0, 0.1) is 0 Å². The van der Waals surface area contributed by atoms with Crippen LogP contribution in [-0.2, 0) is 19.1 Å². The molecule has 2 N–H and O–H groups in total. The molecule has 0 bridgehead atoms. The fourth-order valence-electron chi connectivity index (χ4n) is 4.54. The molecule has 5 nitrogen and oxygen atoms in total. The lowest BCUT2D eigenvalue weighted by Crippen LogP contribution is -2.46. The van der Waals surface area contributed by atoms with Crippen molar-refractivity contribution in [2.75, 3.05) is 13.2 Å². The molecule has 0 aromatic carbocycles. The molecule has 0 radical (unpaired) electrons. The van der Waals surface area contributed by atoms with E-state index in [1.165, 1.54) is 116 Å². The predicted molar refractivity (Wildman–Crippen MR) is 157 cm³/mol. The number of carbonyl (C=O) groups is 2. The van der Waals surface area contributed by atoms with E-state index < -0.39 is 5.54 Å². The number of ether oxygens (including phenoxy) is 2. The van der Waals surface area contributed by atoms with Crippen molar-refractivity contribution in [1.82, 2.24) is 0 Å². The van der Waals surface area contributed by atoms with Crippen molar-refractivity contribution < 1.29 is 19.1 Å². The number of esters is 2. The average molecular weight is 526 g/mol. The Labute approximate surface area is 230 Å². The Morgan fingerprint density at radius 2 is 0.730 bits per heavy atom. The van der Waals surface area contributed by atoms with E-state index in [1.54, 1.807) is 6.92 Å². The third-order valence-corrected chi connectivity index (χ3v) is 7.09. The summed E-state index contributed by atoms with van der Waals surface area (Å²) in [6, 6.07) is 0. The third-order valence-electron chi connectivity index (χ3n) is 7.09. The first-order valence-corrected chi connectivity index (χ1v) is 16.0. The van der Waals surface area contributed by atoms with Crippen LogP contribution >= 0.6 is 0 Å². The van der Waals surface area contributed by atoms with Gasteiger partial charge < -0.3 is 15.2 Å². The molecule has 0 heterocycles. The van der Waals surface area contributed by atoms with E-state index >= 15 is 0 Å². The largest absolute Gasteiger partial charge is 0.464 e. The van der Waals surface area contributed by atoms with E-state index in [0.29, 0.717) is 12.8 Å². The average Bonchev–Trinajstić information content (AvgIpc) is 2.88. The summed E-state index contributed by atoms with van der Waals surface area (Å²) in [5, 5.41) is 0. The van der Waals surface area contributed by atoms with E-state index in [9.17, 15) is 9.59 Å². The molecule has 0 aliphatic carbocycles. The molecule has 0 rings (SSSR count). The highest BCUT2D eigenvalue weighted by Crippen LogP contribution is 2.14. The smallest absolute Gasteiger partial charge is 0.305 e. The Bertz CT molecular complexity index is 477. The van der Waals surface area contributed by atoms with Crippen LogP contribution in [0.4, 0.5) is 0 Å². The number of hydrogen-bond donors (Lipinski definition) is 1. The minimum atomic E-state index is -0.848. The molecule has 37 heavy (non-hydrogen) atoms. The van der Waals surface area contributed by atoms with Gasteiger partial charge in [0.05, 0.1) is 5.54 Å². The van der Waals surface area contributed by atoms with E-state index in [2.05, 4.69) is 13.8 Å². The van der Waals surface area contributed by atoms with Gasteiger partial charge in [-0.1, -0.05) is 142 Å². The second kappa shape index (κ2) is 26.5. The summed E-state index contributed by atoms with van der Waals surface area (Å²) in [5.41, 5.74) is 5.33. The van der Waals surface area contributed by atoms with Gasteiger partial charge >= 0.3 is 11.9 Å². The molecule has 0 aliphatic rings. The van der Waals surface area contributed by atoms with Gasteiger partial charge in [-0.15, -0.1) is 0 Å². The first kappa shape index (κ1) is 35.9. The predicted octanol–water partition coefficient (Wildman–Crippen LogP) is 9.19. The number of unbranched alkanes of at least 4 members (excludes halogenated alkanes) is 20. The lowest BCUT2D eigenvalue weighted by atomic mass is 10.1. The molecule has 0 aromatic heterocycles. The van der Waals surface area contributed by atoms with E-state index in [4.69, 9.17) is 15.2 Å². The van der Waals surface area contributed by atoms with E-state index in [1.807, 2.05) is 0 Å². The molecule has 5 heteroatoms. The molecule has 0 unspecified atom stereocenters. The minimum Gasteiger partial charge on any atom is -0.464 e. The number of nitrogens with two attached hydrogens (primary N) is 1. The summed E-state index contributed by atoms with van der Waals surface area (Å²) in [6.45, 7) is 6.42. The Morgan fingerprint density at radius 3 is 1.00 bits per heavy atom. The van der Waals surface area contributed by atoms with Gasteiger partial charge in [0.1, 0.15) is 13.2 Å². The van der Waals surface area contributed by atoms with Gasteiger partial charge in [-0.25, -0.2) is 0 Å². The van der Waals surface area contributed by atoms with Crippen molar-refractivity contribution in [2.24, 2.45) is 5.73 Å². The van der Waals surface area contributed by atoms with Crippen molar-refractivity contribution in [3.8, 4) is 0 Å². The van der Waals surface area contributed by atoms with Crippen molar-refractivity contribution >= 4 is 11.9 Å². The topological polar surface area (TPSA) is 78.6 Å². The van der Waals surface area contributed by atoms with Crippen LogP contribution in [0.15, 0.2) is 0 Å². The minimum absolute atomic E-state index is 0.0790. The molecule has 0 amide bonds. The molecular formula is C32H63NO4. The van der Waals surface area contributed by atoms with Crippen LogP contribution < -0.4 is 5.73 Å². The van der Waals surface area contributed by atoms with Crippen LogP contribution in [0.5, 0.6) is 0 Å². The lowest BCUT2D eigenvalue weighted by Gasteiger charge is -2.23. The van der Waals surface area contributed by atoms with Gasteiger partial charge in [-0.3, -0.25) is 9.59 Å². The first-order chi connectivity index (χ1) is 17.9. The first-order valence-electron chi connectivity index (χ1n) is 16.0. The third kappa shape index (κ3) is 27.7. The van der Waals surface area contributed by atoms with E-state index in [-0.39, 0.29) is 25.2 Å². The monoisotopic (exact) mass is 525 g/mol. The van der Waals surface area contributed by atoms with Gasteiger partial charge in [0.25, 0.3) is 0 Å². The highest BCUT2D eigenvalue weighted by Gasteiger charge is 2.23. The highest BCUT2D eigenvalue weighted by molar-refractivity contribution is 5.70. The fourth-order valence-corrected chi connectivity index (χ4v) is 4.54. The summed E-state index contributed by atoms with van der Waals surface area (Å²) in [6.07, 6.45) is 28.5. The summed E-state index contributed by atoms with van der Waals surface area (Å²) >= 11 is 0. The van der Waals surface area contributed by atoms with Crippen molar-refractivity contribution in [2.45, 2.75) is 180 Å². The molecule has 0 saturated carbocycles. The zero-order valence-electron chi connectivity index (χ0n) is 25.1. The maximum atomic E-state index is 12.0. The van der Waals surface area contributed by atoms with E-state index in [0.717, 1.165) is 25.7 Å². The second-order valence-corrected chi connectivity index (χ2v) is 11.5. The Hall–Kier alpha value is -1.10. The number of rotatable bonds is 28. The zero-order valence-corrected chi connectivity index (χ0v) is 25.1. The Morgan fingerprint density at radius 1 is 0.486 bits per heavy atom. The molecule has 0 spiro atoms. The number of hydrogen-bond acceptors (Lipinski definition) is 5. The molecule has 0 aromatic rings. The Kier molecular flexibility index (Phi) is 25.7. The summed E-state index contributed by atoms with van der Waals surface area (Å²) in [7, 11) is 0. The van der Waals surface area contributed by atoms with Crippen LogP contribution in [0.2, 0.25) is 0 Å². The van der Waals surface area contributed by atoms with Gasteiger partial charge in [0, 0.05) is 12.8 Å². The molecular weight excluding hydrogens is 462 g/mol. The molecule has 0 fully saturated rings. The molecule has 220 valence electrons. The maximum Gasteiger partial charge on any atom is 0.305 e.